The number of fused-ring (bicyclic) bond motifs is 2. The van der Waals surface area contributed by atoms with Crippen molar-refractivity contribution in [1.82, 2.24) is 5.06 Å². The fourth-order valence-electron chi connectivity index (χ4n) is 2.54. The van der Waals surface area contributed by atoms with Crippen molar-refractivity contribution < 1.29 is 14.4 Å². The molecule has 1 heterocycles. The number of carbonyl (C=O) groups is 1. The molecule has 1 aliphatic rings. The highest BCUT2D eigenvalue weighted by atomic mass is 32.1. The molecule has 0 unspecified atom stereocenters. The van der Waals surface area contributed by atoms with Crippen molar-refractivity contribution in [2.24, 2.45) is 5.73 Å². The van der Waals surface area contributed by atoms with E-state index in [-0.39, 0.29) is 0 Å². The van der Waals surface area contributed by atoms with Gasteiger partial charge in [-0.05, 0) is 24.4 Å². The number of benzene rings is 2. The van der Waals surface area contributed by atoms with E-state index in [1.54, 1.807) is 0 Å². The van der Waals surface area contributed by atoms with Gasteiger partial charge in [0.2, 0.25) is 0 Å². The first-order valence-corrected chi connectivity index (χ1v) is 7.67. The van der Waals surface area contributed by atoms with E-state index >= 15 is 0 Å². The molecule has 0 saturated heterocycles. The average Bonchev–Trinajstić information content (AvgIpc) is 2.57. The van der Waals surface area contributed by atoms with Gasteiger partial charge < -0.3 is 15.3 Å². The maximum Gasteiger partial charge on any atom is 0.348 e. The molecular formula is C17H16N2O3S. The highest BCUT2D eigenvalue weighted by Crippen LogP contribution is 2.45. The third kappa shape index (κ3) is 2.85. The van der Waals surface area contributed by atoms with Gasteiger partial charge in [0.1, 0.15) is 17.5 Å². The molecule has 0 atom stereocenters. The number of nitrogens with zero attached hydrogens (tertiary/aromatic N) is 1. The lowest BCUT2D eigenvalue weighted by molar-refractivity contribution is -0.0489. The number of rotatable bonds is 2. The van der Waals surface area contributed by atoms with Gasteiger partial charge in [-0.15, -0.1) is 5.06 Å². The van der Waals surface area contributed by atoms with Crippen LogP contribution < -0.4 is 10.5 Å². The molecule has 0 bridgehead atoms. The van der Waals surface area contributed by atoms with Crippen molar-refractivity contribution in [2.75, 3.05) is 0 Å². The summed E-state index contributed by atoms with van der Waals surface area (Å²) < 4.78 is 5.90. The number of hydrogen-bond acceptors (Lipinski definition) is 4. The third-order valence-electron chi connectivity index (χ3n) is 3.59. The molecular weight excluding hydrogens is 312 g/mol. The molecule has 6 heteroatoms. The first kappa shape index (κ1) is 15.3. The van der Waals surface area contributed by atoms with Crippen molar-refractivity contribution in [2.45, 2.75) is 19.4 Å². The van der Waals surface area contributed by atoms with Crippen molar-refractivity contribution in [3.05, 3.63) is 59.7 Å². The van der Waals surface area contributed by atoms with Gasteiger partial charge in [-0.3, -0.25) is 0 Å². The summed E-state index contributed by atoms with van der Waals surface area (Å²) in [7, 11) is 0. The number of hydrogen-bond donors (Lipinski definition) is 1. The minimum absolute atomic E-state index is 0.297. The van der Waals surface area contributed by atoms with Gasteiger partial charge in [-0.1, -0.05) is 43.3 Å². The predicted molar refractivity (Wildman–Crippen MR) is 90.2 cm³/mol. The molecule has 0 aromatic heterocycles. The first-order chi connectivity index (χ1) is 11.1. The average molecular weight is 328 g/mol. The molecule has 1 aliphatic heterocycles. The van der Waals surface area contributed by atoms with Gasteiger partial charge >= 0.3 is 6.03 Å². The van der Waals surface area contributed by atoms with Crippen LogP contribution in [0.1, 0.15) is 30.5 Å². The van der Waals surface area contributed by atoms with Crippen LogP contribution in [-0.4, -0.2) is 16.1 Å². The first-order valence-electron chi connectivity index (χ1n) is 7.27. The Balaban J connectivity index is 2.12. The molecule has 0 saturated carbocycles. The lowest BCUT2D eigenvalue weighted by Crippen LogP contribution is -2.41. The molecule has 2 aromatic carbocycles. The Kier molecular flexibility index (Phi) is 4.16. The van der Waals surface area contributed by atoms with E-state index in [0.29, 0.717) is 23.0 Å². The van der Waals surface area contributed by atoms with Gasteiger partial charge in [0.05, 0.1) is 0 Å². The molecule has 0 radical (unpaired) electrons. The number of nitrogens with two attached hydrogens (primary N) is 1. The van der Waals surface area contributed by atoms with Crippen LogP contribution in [0.4, 0.5) is 4.79 Å². The van der Waals surface area contributed by atoms with Crippen LogP contribution in [0.5, 0.6) is 11.5 Å². The lowest BCUT2D eigenvalue weighted by Gasteiger charge is -2.34. The largest absolute Gasteiger partial charge is 0.457 e. The Morgan fingerprint density at radius 2 is 1.70 bits per heavy atom. The van der Waals surface area contributed by atoms with Crippen LogP contribution in [0.25, 0.3) is 0 Å². The number of primary amides is 1. The molecule has 0 aliphatic carbocycles. The Labute approximate surface area is 139 Å². The molecule has 118 valence electrons. The number of amides is 2. The zero-order chi connectivity index (χ0) is 16.4. The summed E-state index contributed by atoms with van der Waals surface area (Å²) >= 11 is 5.11. The van der Waals surface area contributed by atoms with Crippen LogP contribution in [-0.2, 0) is 4.84 Å². The van der Waals surface area contributed by atoms with Gasteiger partial charge in [0, 0.05) is 17.5 Å². The van der Waals surface area contributed by atoms with Crippen LogP contribution >= 0.6 is 12.2 Å². The highest BCUT2D eigenvalue weighted by molar-refractivity contribution is 7.80. The quantitative estimate of drug-likeness (QED) is 0.670. The molecule has 2 amide bonds. The van der Waals surface area contributed by atoms with E-state index in [2.05, 4.69) is 0 Å². The number of para-hydroxylation sites is 2. The van der Waals surface area contributed by atoms with Gasteiger partial charge in [0.25, 0.3) is 0 Å². The van der Waals surface area contributed by atoms with Gasteiger partial charge in [0.15, 0.2) is 5.05 Å². The summed E-state index contributed by atoms with van der Waals surface area (Å²) in [6.45, 7) is 1.85. The summed E-state index contributed by atoms with van der Waals surface area (Å²) in [4.78, 5) is 17.5. The van der Waals surface area contributed by atoms with Gasteiger partial charge in [-0.25, -0.2) is 4.79 Å². The smallest absolute Gasteiger partial charge is 0.348 e. The SMILES string of the molecule is CCC(=S)ON(C(N)=O)C1c2ccccc2Oc2ccccc21. The number of ether oxygens (including phenoxy) is 1. The van der Waals surface area contributed by atoms with Crippen molar-refractivity contribution >= 4 is 23.3 Å². The zero-order valence-corrected chi connectivity index (χ0v) is 13.4. The second kappa shape index (κ2) is 6.26. The summed E-state index contributed by atoms with van der Waals surface area (Å²) in [5.74, 6) is 1.32. The molecule has 2 aromatic rings. The standard InChI is InChI=1S/C17H16N2O3S/c1-2-15(23)22-19(17(18)20)16-11-7-3-5-9-13(11)21-14-10-6-4-8-12(14)16/h3-10,16H,2H2,1H3,(H2,18,20). The lowest BCUT2D eigenvalue weighted by atomic mass is 9.94. The predicted octanol–water partition coefficient (Wildman–Crippen LogP) is 3.93. The molecule has 0 spiro atoms. The summed E-state index contributed by atoms with van der Waals surface area (Å²) in [6.07, 6.45) is 0.506. The minimum Gasteiger partial charge on any atom is -0.457 e. The van der Waals surface area contributed by atoms with Crippen molar-refractivity contribution in [3.63, 3.8) is 0 Å². The highest BCUT2D eigenvalue weighted by Gasteiger charge is 2.35. The zero-order valence-electron chi connectivity index (χ0n) is 12.6. The fraction of sp³-hybridized carbons (Fsp3) is 0.176. The maximum atomic E-state index is 12.0. The van der Waals surface area contributed by atoms with Crippen LogP contribution in [0.2, 0.25) is 0 Å². The van der Waals surface area contributed by atoms with E-state index in [1.165, 1.54) is 0 Å². The molecule has 5 nitrogen and oxygen atoms in total. The van der Waals surface area contributed by atoms with Crippen molar-refractivity contribution in [3.8, 4) is 11.5 Å². The molecule has 2 N–H and O–H groups in total. The second-order valence-corrected chi connectivity index (χ2v) is 5.52. The number of thiocarbonyl (C=S) groups is 1. The topological polar surface area (TPSA) is 64.8 Å². The maximum absolute atomic E-state index is 12.0. The van der Waals surface area contributed by atoms with Gasteiger partial charge in [-0.2, -0.15) is 0 Å². The van der Waals surface area contributed by atoms with Crippen molar-refractivity contribution in [1.29, 1.82) is 0 Å². The van der Waals surface area contributed by atoms with Crippen LogP contribution in [0.15, 0.2) is 48.5 Å². The summed E-state index contributed by atoms with van der Waals surface area (Å²) in [6, 6.07) is 13.7. The normalized spacial score (nSPS) is 12.6. The molecule has 3 rings (SSSR count). The number of carbonyl (C=O) groups excluding carboxylic acids is 1. The number of hydroxylamine groups is 2. The van der Waals surface area contributed by atoms with E-state index in [0.717, 1.165) is 16.2 Å². The third-order valence-corrected chi connectivity index (χ3v) is 3.95. The van der Waals surface area contributed by atoms with E-state index in [4.69, 9.17) is 27.5 Å². The van der Waals surface area contributed by atoms with E-state index in [9.17, 15) is 4.79 Å². The monoisotopic (exact) mass is 328 g/mol. The molecule has 23 heavy (non-hydrogen) atoms. The fourth-order valence-corrected chi connectivity index (χ4v) is 2.62. The van der Waals surface area contributed by atoms with E-state index in [1.807, 2.05) is 55.5 Å². The van der Waals surface area contributed by atoms with E-state index < -0.39 is 12.1 Å². The Hall–Kier alpha value is -2.60. The Bertz CT molecular complexity index is 718. The van der Waals surface area contributed by atoms with Crippen LogP contribution in [0.3, 0.4) is 0 Å². The summed E-state index contributed by atoms with van der Waals surface area (Å²) in [5.41, 5.74) is 7.14. The molecule has 0 fully saturated rings. The summed E-state index contributed by atoms with van der Waals surface area (Å²) in [5, 5.41) is 1.41. The Morgan fingerprint density at radius 1 is 1.17 bits per heavy atom. The van der Waals surface area contributed by atoms with Crippen LogP contribution in [0, 0.1) is 0 Å². The number of urea groups is 1. The Morgan fingerprint density at radius 3 is 2.17 bits per heavy atom. The second-order valence-electron chi connectivity index (χ2n) is 5.06. The minimum atomic E-state index is -0.711.